The van der Waals surface area contributed by atoms with Crippen molar-refractivity contribution in [2.45, 2.75) is 38.9 Å². The number of hydrogen-bond acceptors (Lipinski definition) is 4. The maximum absolute atomic E-state index is 12.0. The molecule has 2 aromatic rings. The summed E-state index contributed by atoms with van der Waals surface area (Å²) in [6.07, 6.45) is 0. The topological polar surface area (TPSA) is 55.1 Å². The number of nitrogens with one attached hydrogen (secondary N) is 1. The average molecular weight is 332 g/mol. The van der Waals surface area contributed by atoms with Gasteiger partial charge in [0.1, 0.15) is 5.76 Å². The predicted octanol–water partition coefficient (Wildman–Crippen LogP) is 3.62. The summed E-state index contributed by atoms with van der Waals surface area (Å²) in [5, 5.41) is 6.96. The average Bonchev–Trinajstić information content (AvgIpc) is 2.86. The first kappa shape index (κ1) is 17.6. The van der Waals surface area contributed by atoms with Crippen LogP contribution in [0.3, 0.4) is 0 Å². The van der Waals surface area contributed by atoms with Crippen LogP contribution in [-0.4, -0.2) is 23.4 Å². The Morgan fingerprint density at radius 3 is 2.57 bits per heavy atom. The third-order valence-corrected chi connectivity index (χ3v) is 4.90. The van der Waals surface area contributed by atoms with Crippen molar-refractivity contribution in [1.29, 1.82) is 0 Å². The van der Waals surface area contributed by atoms with Gasteiger partial charge in [-0.2, -0.15) is 0 Å². The Morgan fingerprint density at radius 1 is 1.26 bits per heavy atom. The van der Waals surface area contributed by atoms with Gasteiger partial charge in [0.25, 0.3) is 0 Å². The molecule has 0 radical (unpaired) electrons. The summed E-state index contributed by atoms with van der Waals surface area (Å²) in [5.41, 5.74) is 3.14. The summed E-state index contributed by atoms with van der Waals surface area (Å²) < 4.78 is 5.13. The third kappa shape index (κ3) is 4.86. The van der Waals surface area contributed by atoms with Crippen molar-refractivity contribution >= 4 is 17.7 Å². The Bertz CT molecular complexity index is 631. The molecule has 0 fully saturated rings. The molecule has 5 heteroatoms. The molecule has 0 saturated carbocycles. The van der Waals surface area contributed by atoms with Crippen molar-refractivity contribution < 1.29 is 9.32 Å². The number of carbonyl (C=O) groups is 1. The molecule has 1 aromatic heterocycles. The Morgan fingerprint density at radius 2 is 1.96 bits per heavy atom. The third-order valence-electron chi connectivity index (χ3n) is 3.94. The number of rotatable bonds is 7. The number of hydrogen-bond donors (Lipinski definition) is 1. The molecule has 2 rings (SSSR count). The Kier molecular flexibility index (Phi) is 5.88. The summed E-state index contributed by atoms with van der Waals surface area (Å²) in [4.78, 5) is 12.0. The van der Waals surface area contributed by atoms with Crippen LogP contribution >= 0.6 is 11.8 Å². The van der Waals surface area contributed by atoms with Gasteiger partial charge in [0.2, 0.25) is 5.91 Å². The van der Waals surface area contributed by atoms with Gasteiger partial charge < -0.3 is 9.84 Å². The smallest absolute Gasteiger partial charge is 0.230 e. The van der Waals surface area contributed by atoms with Crippen molar-refractivity contribution in [3.8, 4) is 0 Å². The molecule has 0 aliphatic carbocycles. The minimum Gasteiger partial charge on any atom is -0.361 e. The van der Waals surface area contributed by atoms with Gasteiger partial charge in [-0.1, -0.05) is 49.3 Å². The zero-order valence-corrected chi connectivity index (χ0v) is 15.0. The first-order chi connectivity index (χ1) is 10.9. The number of amides is 1. The minimum atomic E-state index is -0.0801. The second kappa shape index (κ2) is 7.68. The van der Waals surface area contributed by atoms with Crippen LogP contribution in [0.5, 0.6) is 0 Å². The first-order valence-electron chi connectivity index (χ1n) is 7.72. The molecule has 0 bridgehead atoms. The predicted molar refractivity (Wildman–Crippen MR) is 94.6 cm³/mol. The van der Waals surface area contributed by atoms with Crippen LogP contribution in [0.25, 0.3) is 0 Å². The van der Waals surface area contributed by atoms with E-state index in [1.54, 1.807) is 11.8 Å². The monoisotopic (exact) mass is 332 g/mol. The maximum atomic E-state index is 12.0. The van der Waals surface area contributed by atoms with E-state index in [1.807, 2.05) is 32.0 Å². The largest absolute Gasteiger partial charge is 0.361 e. The van der Waals surface area contributed by atoms with E-state index in [1.165, 1.54) is 5.56 Å². The van der Waals surface area contributed by atoms with Crippen molar-refractivity contribution in [2.24, 2.45) is 0 Å². The van der Waals surface area contributed by atoms with E-state index < -0.39 is 0 Å². The SMILES string of the molecule is Cc1noc(C)c1CSCC(=O)NCC(C)(C)c1ccccc1. The molecule has 0 saturated heterocycles. The van der Waals surface area contributed by atoms with E-state index in [0.717, 1.165) is 22.8 Å². The van der Waals surface area contributed by atoms with Crippen molar-refractivity contribution in [3.63, 3.8) is 0 Å². The van der Waals surface area contributed by atoms with Gasteiger partial charge in [-0.05, 0) is 19.4 Å². The number of aromatic nitrogens is 1. The van der Waals surface area contributed by atoms with Crippen LogP contribution in [0, 0.1) is 13.8 Å². The molecule has 0 atom stereocenters. The Balaban J connectivity index is 1.77. The van der Waals surface area contributed by atoms with Crippen LogP contribution in [0.15, 0.2) is 34.9 Å². The molecular formula is C18H24N2O2S. The Hall–Kier alpha value is -1.75. The fraction of sp³-hybridized carbons (Fsp3) is 0.444. The second-order valence-electron chi connectivity index (χ2n) is 6.32. The highest BCUT2D eigenvalue weighted by atomic mass is 32.2. The lowest BCUT2D eigenvalue weighted by Gasteiger charge is -2.25. The summed E-state index contributed by atoms with van der Waals surface area (Å²) in [7, 11) is 0. The standard InChI is InChI=1S/C18H24N2O2S/c1-13-16(14(2)22-20-13)10-23-11-17(21)19-12-18(3,4)15-8-6-5-7-9-15/h5-9H,10-12H2,1-4H3,(H,19,21). The Labute approximate surface area is 142 Å². The number of thioether (sulfide) groups is 1. The molecule has 0 spiro atoms. The summed E-state index contributed by atoms with van der Waals surface area (Å²) in [5.74, 6) is 2.08. The normalized spacial score (nSPS) is 11.5. The number of aryl methyl sites for hydroxylation is 2. The fourth-order valence-electron chi connectivity index (χ4n) is 2.32. The van der Waals surface area contributed by atoms with E-state index in [9.17, 15) is 4.79 Å². The van der Waals surface area contributed by atoms with Gasteiger partial charge in [0, 0.05) is 23.3 Å². The molecule has 1 N–H and O–H groups in total. The van der Waals surface area contributed by atoms with Crippen LogP contribution < -0.4 is 5.32 Å². The molecule has 0 unspecified atom stereocenters. The second-order valence-corrected chi connectivity index (χ2v) is 7.31. The van der Waals surface area contributed by atoms with E-state index in [-0.39, 0.29) is 11.3 Å². The van der Waals surface area contributed by atoms with Crippen LogP contribution in [-0.2, 0) is 16.0 Å². The van der Waals surface area contributed by atoms with Crippen LogP contribution in [0.1, 0.15) is 36.4 Å². The highest BCUT2D eigenvalue weighted by Crippen LogP contribution is 2.22. The van der Waals surface area contributed by atoms with Gasteiger partial charge in [-0.25, -0.2) is 0 Å². The van der Waals surface area contributed by atoms with Gasteiger partial charge >= 0.3 is 0 Å². The van der Waals surface area contributed by atoms with E-state index in [4.69, 9.17) is 4.52 Å². The molecule has 1 amide bonds. The van der Waals surface area contributed by atoms with Crippen molar-refractivity contribution in [1.82, 2.24) is 10.5 Å². The molecule has 4 nitrogen and oxygen atoms in total. The quantitative estimate of drug-likeness (QED) is 0.841. The lowest BCUT2D eigenvalue weighted by molar-refractivity contribution is -0.118. The van der Waals surface area contributed by atoms with E-state index >= 15 is 0 Å². The van der Waals surface area contributed by atoms with Crippen LogP contribution in [0.2, 0.25) is 0 Å². The summed E-state index contributed by atoms with van der Waals surface area (Å²) in [6.45, 7) is 8.73. The molecular weight excluding hydrogens is 308 g/mol. The van der Waals surface area contributed by atoms with Gasteiger partial charge in [-0.3, -0.25) is 4.79 Å². The van der Waals surface area contributed by atoms with Gasteiger partial charge in [0.15, 0.2) is 0 Å². The maximum Gasteiger partial charge on any atom is 0.230 e. The summed E-state index contributed by atoms with van der Waals surface area (Å²) in [6, 6.07) is 10.2. The fourth-order valence-corrected chi connectivity index (χ4v) is 3.32. The lowest BCUT2D eigenvalue weighted by atomic mass is 9.85. The van der Waals surface area contributed by atoms with Crippen molar-refractivity contribution in [2.75, 3.05) is 12.3 Å². The highest BCUT2D eigenvalue weighted by Gasteiger charge is 2.21. The molecule has 0 aliphatic heterocycles. The van der Waals surface area contributed by atoms with E-state index in [0.29, 0.717) is 12.3 Å². The van der Waals surface area contributed by atoms with E-state index in [2.05, 4.69) is 36.5 Å². The zero-order valence-electron chi connectivity index (χ0n) is 14.2. The number of nitrogens with zero attached hydrogens (tertiary/aromatic N) is 1. The molecule has 124 valence electrons. The zero-order chi connectivity index (χ0) is 16.9. The van der Waals surface area contributed by atoms with Crippen LogP contribution in [0.4, 0.5) is 0 Å². The number of benzene rings is 1. The molecule has 0 aliphatic rings. The molecule has 1 heterocycles. The molecule has 23 heavy (non-hydrogen) atoms. The molecule has 1 aromatic carbocycles. The summed E-state index contributed by atoms with van der Waals surface area (Å²) >= 11 is 1.58. The lowest BCUT2D eigenvalue weighted by Crippen LogP contribution is -2.37. The minimum absolute atomic E-state index is 0.0609. The number of carbonyl (C=O) groups excluding carboxylic acids is 1. The first-order valence-corrected chi connectivity index (χ1v) is 8.87. The van der Waals surface area contributed by atoms with Crippen molar-refractivity contribution in [3.05, 3.63) is 52.9 Å². The van der Waals surface area contributed by atoms with Gasteiger partial charge in [0.05, 0.1) is 11.4 Å². The van der Waals surface area contributed by atoms with Gasteiger partial charge in [-0.15, -0.1) is 11.8 Å². The highest BCUT2D eigenvalue weighted by molar-refractivity contribution is 7.99.